The number of amides is 1. The van der Waals surface area contributed by atoms with Gasteiger partial charge in [0.2, 0.25) is 0 Å². The average Bonchev–Trinajstić information content (AvgIpc) is 2.78. The van der Waals surface area contributed by atoms with Crippen LogP contribution in [0.5, 0.6) is 0 Å². The molecule has 0 saturated heterocycles. The number of nitrogens with one attached hydrogen (secondary N) is 1. The van der Waals surface area contributed by atoms with Crippen molar-refractivity contribution in [2.75, 3.05) is 11.1 Å². The van der Waals surface area contributed by atoms with Crippen LogP contribution in [0, 0.1) is 0 Å². The van der Waals surface area contributed by atoms with Crippen molar-refractivity contribution in [2.45, 2.75) is 19.9 Å². The Hall–Kier alpha value is -2.37. The van der Waals surface area contributed by atoms with E-state index in [1.165, 1.54) is 6.20 Å². The molecule has 0 radical (unpaired) electrons. The summed E-state index contributed by atoms with van der Waals surface area (Å²) in [6.45, 7) is 4.03. The molecule has 0 spiro atoms. The summed E-state index contributed by atoms with van der Waals surface area (Å²) in [6, 6.07) is 3.47. The topological polar surface area (TPSA) is 85.8 Å². The van der Waals surface area contributed by atoms with E-state index in [0.717, 1.165) is 0 Å². The lowest BCUT2D eigenvalue weighted by molar-refractivity contribution is 0.102. The van der Waals surface area contributed by atoms with Crippen LogP contribution in [0.25, 0.3) is 0 Å². The lowest BCUT2D eigenvalue weighted by Crippen LogP contribution is -2.13. The van der Waals surface area contributed by atoms with Gasteiger partial charge in [-0.05, 0) is 26.0 Å². The van der Waals surface area contributed by atoms with Crippen LogP contribution in [0.15, 0.2) is 30.7 Å². The van der Waals surface area contributed by atoms with Crippen molar-refractivity contribution in [3.05, 3.63) is 36.4 Å². The first-order valence-corrected chi connectivity index (χ1v) is 5.63. The Bertz CT molecular complexity index is 544. The molecule has 2 aromatic heterocycles. The summed E-state index contributed by atoms with van der Waals surface area (Å²) in [4.78, 5) is 15.8. The summed E-state index contributed by atoms with van der Waals surface area (Å²) in [5.74, 6) is -0.279. The van der Waals surface area contributed by atoms with Crippen molar-refractivity contribution in [2.24, 2.45) is 0 Å². The van der Waals surface area contributed by atoms with E-state index < -0.39 is 0 Å². The molecule has 6 nitrogen and oxygen atoms in total. The molecule has 2 aromatic rings. The minimum absolute atomic E-state index is 0.255. The third kappa shape index (κ3) is 2.65. The monoisotopic (exact) mass is 245 g/mol. The fourth-order valence-corrected chi connectivity index (χ4v) is 1.42. The highest BCUT2D eigenvalue weighted by Gasteiger charge is 2.09. The highest BCUT2D eigenvalue weighted by molar-refractivity contribution is 6.02. The van der Waals surface area contributed by atoms with Crippen LogP contribution in [0.3, 0.4) is 0 Å². The van der Waals surface area contributed by atoms with Gasteiger partial charge in [0.05, 0.1) is 23.8 Å². The third-order valence-electron chi connectivity index (χ3n) is 2.41. The average molecular weight is 245 g/mol. The molecular formula is C12H15N5O. The zero-order chi connectivity index (χ0) is 13.1. The Labute approximate surface area is 105 Å². The van der Waals surface area contributed by atoms with Gasteiger partial charge in [0.15, 0.2) is 0 Å². The summed E-state index contributed by atoms with van der Waals surface area (Å²) in [6.07, 6.45) is 4.83. The molecule has 2 rings (SSSR count). The van der Waals surface area contributed by atoms with Gasteiger partial charge in [-0.1, -0.05) is 0 Å². The Kier molecular flexibility index (Phi) is 3.27. The van der Waals surface area contributed by atoms with Crippen LogP contribution in [0.2, 0.25) is 0 Å². The second-order valence-electron chi connectivity index (χ2n) is 4.23. The van der Waals surface area contributed by atoms with Gasteiger partial charge >= 0.3 is 0 Å². The largest absolute Gasteiger partial charge is 0.397 e. The molecule has 0 aliphatic rings. The molecule has 6 heteroatoms. The maximum atomic E-state index is 11.9. The van der Waals surface area contributed by atoms with E-state index in [-0.39, 0.29) is 11.9 Å². The predicted molar refractivity (Wildman–Crippen MR) is 69.2 cm³/mol. The molecule has 0 atom stereocenters. The number of anilines is 2. The summed E-state index contributed by atoms with van der Waals surface area (Å²) < 4.78 is 1.77. The smallest absolute Gasteiger partial charge is 0.274 e. The van der Waals surface area contributed by atoms with Crippen LogP contribution >= 0.6 is 0 Å². The van der Waals surface area contributed by atoms with Crippen molar-refractivity contribution in [3.63, 3.8) is 0 Å². The molecule has 0 unspecified atom stereocenters. The maximum absolute atomic E-state index is 11.9. The molecule has 0 fully saturated rings. The van der Waals surface area contributed by atoms with E-state index in [4.69, 9.17) is 5.73 Å². The molecule has 3 N–H and O–H groups in total. The van der Waals surface area contributed by atoms with Crippen LogP contribution in [-0.2, 0) is 0 Å². The van der Waals surface area contributed by atoms with Crippen molar-refractivity contribution in [3.8, 4) is 0 Å². The fraction of sp³-hybridized carbons (Fsp3) is 0.250. The molecular weight excluding hydrogens is 230 g/mol. The van der Waals surface area contributed by atoms with Gasteiger partial charge in [-0.3, -0.25) is 9.48 Å². The normalized spacial score (nSPS) is 10.6. The van der Waals surface area contributed by atoms with Crippen LogP contribution in [-0.4, -0.2) is 20.7 Å². The molecule has 0 aromatic carbocycles. The van der Waals surface area contributed by atoms with Crippen LogP contribution in [0.1, 0.15) is 30.4 Å². The molecule has 0 aliphatic heterocycles. The van der Waals surface area contributed by atoms with E-state index in [0.29, 0.717) is 17.1 Å². The maximum Gasteiger partial charge on any atom is 0.274 e. The number of aromatic nitrogens is 3. The van der Waals surface area contributed by atoms with Gasteiger partial charge in [-0.2, -0.15) is 5.10 Å². The number of nitrogens with two attached hydrogens (primary N) is 1. The minimum Gasteiger partial charge on any atom is -0.397 e. The molecule has 94 valence electrons. The highest BCUT2D eigenvalue weighted by atomic mass is 16.1. The van der Waals surface area contributed by atoms with Gasteiger partial charge in [0, 0.05) is 12.2 Å². The highest BCUT2D eigenvalue weighted by Crippen LogP contribution is 2.11. The van der Waals surface area contributed by atoms with Crippen molar-refractivity contribution < 1.29 is 4.79 Å². The van der Waals surface area contributed by atoms with Gasteiger partial charge in [0.1, 0.15) is 5.69 Å². The summed E-state index contributed by atoms with van der Waals surface area (Å²) in [5, 5.41) is 6.87. The number of nitrogens with zero attached hydrogens (tertiary/aromatic N) is 3. The summed E-state index contributed by atoms with van der Waals surface area (Å²) in [5.41, 5.74) is 7.00. The third-order valence-corrected chi connectivity index (χ3v) is 2.41. The Morgan fingerprint density at radius 3 is 2.72 bits per heavy atom. The van der Waals surface area contributed by atoms with Gasteiger partial charge in [0.25, 0.3) is 5.91 Å². The number of hydrogen-bond acceptors (Lipinski definition) is 4. The lowest BCUT2D eigenvalue weighted by Gasteiger charge is -2.04. The first-order valence-electron chi connectivity index (χ1n) is 5.63. The van der Waals surface area contributed by atoms with Gasteiger partial charge in [-0.15, -0.1) is 0 Å². The second kappa shape index (κ2) is 4.87. The number of hydrogen-bond donors (Lipinski definition) is 2. The van der Waals surface area contributed by atoms with E-state index in [2.05, 4.69) is 15.4 Å². The van der Waals surface area contributed by atoms with Gasteiger partial charge in [-0.25, -0.2) is 4.98 Å². The molecule has 0 saturated carbocycles. The second-order valence-corrected chi connectivity index (χ2v) is 4.23. The van der Waals surface area contributed by atoms with Gasteiger partial charge < -0.3 is 11.1 Å². The first-order chi connectivity index (χ1) is 8.56. The Morgan fingerprint density at radius 2 is 2.17 bits per heavy atom. The van der Waals surface area contributed by atoms with Crippen molar-refractivity contribution >= 4 is 17.3 Å². The van der Waals surface area contributed by atoms with Crippen molar-refractivity contribution in [1.29, 1.82) is 0 Å². The SMILES string of the molecule is CC(C)n1cc(NC(=O)c2ccc(N)cn2)cn1. The quantitative estimate of drug-likeness (QED) is 0.861. The lowest BCUT2D eigenvalue weighted by atomic mass is 10.3. The Balaban J connectivity index is 2.08. The fourth-order valence-electron chi connectivity index (χ4n) is 1.42. The van der Waals surface area contributed by atoms with Crippen LogP contribution < -0.4 is 11.1 Å². The van der Waals surface area contributed by atoms with E-state index >= 15 is 0 Å². The molecule has 0 aliphatic carbocycles. The summed E-state index contributed by atoms with van der Waals surface area (Å²) in [7, 11) is 0. The number of pyridine rings is 1. The standard InChI is InChI=1S/C12H15N5O/c1-8(2)17-7-10(6-15-17)16-12(18)11-4-3-9(13)5-14-11/h3-8H,13H2,1-2H3,(H,16,18). The molecule has 2 heterocycles. The van der Waals surface area contributed by atoms with Crippen molar-refractivity contribution in [1.82, 2.24) is 14.8 Å². The molecule has 18 heavy (non-hydrogen) atoms. The number of carbonyl (C=O) groups excluding carboxylic acids is 1. The number of carbonyl (C=O) groups is 1. The number of rotatable bonds is 3. The number of nitrogen functional groups attached to an aromatic ring is 1. The molecule has 1 amide bonds. The van der Waals surface area contributed by atoms with Crippen LogP contribution in [0.4, 0.5) is 11.4 Å². The zero-order valence-electron chi connectivity index (χ0n) is 10.3. The zero-order valence-corrected chi connectivity index (χ0v) is 10.3. The molecule has 0 bridgehead atoms. The van der Waals surface area contributed by atoms with E-state index in [1.807, 2.05) is 13.8 Å². The Morgan fingerprint density at radius 1 is 1.39 bits per heavy atom. The summed E-state index contributed by atoms with van der Waals surface area (Å²) >= 11 is 0. The first kappa shape index (κ1) is 12.1. The van der Waals surface area contributed by atoms with E-state index in [9.17, 15) is 4.79 Å². The van der Waals surface area contributed by atoms with E-state index in [1.54, 1.807) is 29.2 Å². The minimum atomic E-state index is -0.279. The predicted octanol–water partition coefficient (Wildman–Crippen LogP) is 1.69.